The standard InChI is InChI=1S/C20H15ClF7N3O2.C2H6/c1-10-6-15(18(22,19(23,24)25)20(26,27)28)30(2)16(10)31-9-12(8-29-31)11-4-5-14(21)13(7-11)17(32)33-3;1-2/h4-9H,1-3H3;1-2H3. The van der Waals surface area contributed by atoms with E-state index in [9.17, 15) is 35.5 Å². The molecule has 0 spiro atoms. The van der Waals surface area contributed by atoms with Gasteiger partial charge in [-0.25, -0.2) is 13.9 Å². The summed E-state index contributed by atoms with van der Waals surface area (Å²) in [6.45, 7) is 5.23. The minimum absolute atomic E-state index is 0.0410. The Kier molecular flexibility index (Phi) is 8.00. The van der Waals surface area contributed by atoms with Crippen LogP contribution in [0, 0.1) is 6.92 Å². The van der Waals surface area contributed by atoms with Crippen LogP contribution < -0.4 is 0 Å². The Bertz CT molecular complexity index is 1200. The molecule has 5 nitrogen and oxygen atoms in total. The van der Waals surface area contributed by atoms with Crippen molar-refractivity contribution < 1.29 is 40.3 Å². The molecule has 0 amide bonds. The fourth-order valence-corrected chi connectivity index (χ4v) is 3.61. The molecule has 0 N–H and O–H groups in total. The van der Waals surface area contributed by atoms with Crippen LogP contribution >= 0.6 is 11.6 Å². The Morgan fingerprint density at radius 1 is 1.00 bits per heavy atom. The maximum absolute atomic E-state index is 14.6. The Morgan fingerprint density at radius 3 is 2.09 bits per heavy atom. The average Bonchev–Trinajstić information content (AvgIpc) is 3.37. The summed E-state index contributed by atoms with van der Waals surface area (Å²) >= 11 is 5.97. The van der Waals surface area contributed by atoms with E-state index in [0.29, 0.717) is 21.8 Å². The van der Waals surface area contributed by atoms with E-state index in [1.54, 1.807) is 0 Å². The van der Waals surface area contributed by atoms with E-state index in [2.05, 4.69) is 9.84 Å². The lowest BCUT2D eigenvalue weighted by Gasteiger charge is -2.30. The summed E-state index contributed by atoms with van der Waals surface area (Å²) in [5.74, 6) is -0.926. The summed E-state index contributed by atoms with van der Waals surface area (Å²) in [5.41, 5.74) is -6.48. The molecule has 0 atom stereocenters. The molecule has 0 unspecified atom stereocenters. The summed E-state index contributed by atoms with van der Waals surface area (Å²) in [4.78, 5) is 11.8. The molecule has 35 heavy (non-hydrogen) atoms. The van der Waals surface area contributed by atoms with Crippen molar-refractivity contribution in [2.45, 2.75) is 38.8 Å². The first-order valence-electron chi connectivity index (χ1n) is 10.1. The van der Waals surface area contributed by atoms with Gasteiger partial charge in [-0.15, -0.1) is 0 Å². The Balaban J connectivity index is 0.00000210. The lowest BCUT2D eigenvalue weighted by molar-refractivity contribution is -0.350. The fraction of sp³-hybridized carbons (Fsp3) is 0.364. The van der Waals surface area contributed by atoms with Crippen molar-refractivity contribution in [2.24, 2.45) is 7.05 Å². The number of hydrogen-bond acceptors (Lipinski definition) is 3. The highest BCUT2D eigenvalue weighted by Gasteiger charge is 2.74. The molecule has 0 aliphatic heterocycles. The number of esters is 1. The molecule has 1 aromatic carbocycles. The maximum atomic E-state index is 14.6. The second-order valence-electron chi connectivity index (χ2n) is 7.11. The molecule has 13 heteroatoms. The van der Waals surface area contributed by atoms with Crippen LogP contribution in [-0.2, 0) is 17.5 Å². The monoisotopic (exact) mass is 527 g/mol. The molecule has 0 aliphatic carbocycles. The Hall–Kier alpha value is -3.02. The van der Waals surface area contributed by atoms with Crippen LogP contribution in [0.4, 0.5) is 30.7 Å². The first-order chi connectivity index (χ1) is 16.1. The topological polar surface area (TPSA) is 49.0 Å². The van der Waals surface area contributed by atoms with Gasteiger partial charge in [0.1, 0.15) is 5.82 Å². The summed E-state index contributed by atoms with van der Waals surface area (Å²) in [7, 11) is 2.04. The molecule has 0 radical (unpaired) electrons. The summed E-state index contributed by atoms with van der Waals surface area (Å²) in [6, 6.07) is 4.81. The predicted molar refractivity (Wildman–Crippen MR) is 115 cm³/mol. The van der Waals surface area contributed by atoms with Gasteiger partial charge in [0.15, 0.2) is 0 Å². The maximum Gasteiger partial charge on any atom is 0.437 e. The van der Waals surface area contributed by atoms with Crippen LogP contribution in [0.2, 0.25) is 5.02 Å². The molecule has 2 heterocycles. The minimum atomic E-state index is -6.25. The zero-order chi connectivity index (χ0) is 26.9. The second-order valence-corrected chi connectivity index (χ2v) is 7.52. The van der Waals surface area contributed by atoms with E-state index in [0.717, 1.165) is 18.8 Å². The molecule has 0 fully saturated rings. The number of ether oxygens (including phenoxy) is 1. The number of carbonyl (C=O) groups excluding carboxylic acids is 1. The third-order valence-corrected chi connectivity index (χ3v) is 5.35. The van der Waals surface area contributed by atoms with Crippen LogP contribution in [0.3, 0.4) is 0 Å². The molecule has 0 saturated carbocycles. The van der Waals surface area contributed by atoms with Gasteiger partial charge in [-0.3, -0.25) is 0 Å². The first kappa shape index (κ1) is 28.2. The average molecular weight is 528 g/mol. The smallest absolute Gasteiger partial charge is 0.437 e. The number of rotatable bonds is 4. The number of methoxy groups -OCH3 is 1. The number of aryl methyl sites for hydroxylation is 1. The lowest BCUT2D eigenvalue weighted by atomic mass is 10.00. The van der Waals surface area contributed by atoms with Gasteiger partial charge >= 0.3 is 24.0 Å². The normalized spacial score (nSPS) is 12.3. The predicted octanol–water partition coefficient (Wildman–Crippen LogP) is 6.94. The Labute approximate surface area is 201 Å². The highest BCUT2D eigenvalue weighted by atomic mass is 35.5. The molecule has 3 aromatic rings. The van der Waals surface area contributed by atoms with Gasteiger partial charge in [0.2, 0.25) is 0 Å². The quantitative estimate of drug-likeness (QED) is 0.273. The van der Waals surface area contributed by atoms with Crippen LogP contribution in [0.1, 0.15) is 35.5 Å². The van der Waals surface area contributed by atoms with E-state index in [-0.39, 0.29) is 22.0 Å². The summed E-state index contributed by atoms with van der Waals surface area (Å²) in [5, 5.41) is 4.09. The largest absolute Gasteiger partial charge is 0.465 e. The molecule has 0 bridgehead atoms. The van der Waals surface area contributed by atoms with Crippen molar-refractivity contribution in [2.75, 3.05) is 7.11 Å². The van der Waals surface area contributed by atoms with Crippen molar-refractivity contribution in [3.05, 3.63) is 58.5 Å². The Morgan fingerprint density at radius 2 is 1.57 bits per heavy atom. The van der Waals surface area contributed by atoms with Gasteiger partial charge in [-0.2, -0.15) is 31.4 Å². The number of hydrogen-bond donors (Lipinski definition) is 0. The molecule has 192 valence electrons. The molecular formula is C22H21ClF7N3O2. The number of benzene rings is 1. The van der Waals surface area contributed by atoms with Crippen molar-refractivity contribution in [3.63, 3.8) is 0 Å². The van der Waals surface area contributed by atoms with Crippen molar-refractivity contribution in [3.8, 4) is 16.9 Å². The zero-order valence-electron chi connectivity index (χ0n) is 19.1. The van der Waals surface area contributed by atoms with Gasteiger partial charge in [0.25, 0.3) is 0 Å². The number of alkyl halides is 7. The molecule has 0 saturated heterocycles. The van der Waals surface area contributed by atoms with E-state index in [1.165, 1.54) is 37.5 Å². The highest BCUT2D eigenvalue weighted by molar-refractivity contribution is 6.33. The molecule has 0 aliphatic rings. The van der Waals surface area contributed by atoms with Gasteiger partial charge in [0.05, 0.1) is 29.6 Å². The highest BCUT2D eigenvalue weighted by Crippen LogP contribution is 2.53. The third kappa shape index (κ3) is 4.89. The molecule has 2 aromatic heterocycles. The minimum Gasteiger partial charge on any atom is -0.465 e. The summed E-state index contributed by atoms with van der Waals surface area (Å²) < 4.78 is 100. The zero-order valence-corrected chi connectivity index (χ0v) is 19.9. The number of aromatic nitrogens is 3. The number of halogens is 8. The number of carbonyl (C=O) groups is 1. The van der Waals surface area contributed by atoms with Crippen LogP contribution in [0.15, 0.2) is 36.7 Å². The summed E-state index contributed by atoms with van der Waals surface area (Å²) in [6.07, 6.45) is -9.92. The van der Waals surface area contributed by atoms with E-state index in [4.69, 9.17) is 11.6 Å². The fourth-order valence-electron chi connectivity index (χ4n) is 3.42. The van der Waals surface area contributed by atoms with E-state index < -0.39 is 29.7 Å². The van der Waals surface area contributed by atoms with Crippen LogP contribution in [0.5, 0.6) is 0 Å². The van der Waals surface area contributed by atoms with Crippen molar-refractivity contribution in [1.29, 1.82) is 0 Å². The SMILES string of the molecule is CC.COC(=O)c1cc(-c2cnn(-c3c(C)cc(C(F)(C(F)(F)F)C(F)(F)F)n3C)c2)ccc1Cl. The van der Waals surface area contributed by atoms with E-state index in [1.807, 2.05) is 13.8 Å². The van der Waals surface area contributed by atoms with Gasteiger partial charge in [-0.1, -0.05) is 31.5 Å². The van der Waals surface area contributed by atoms with Gasteiger partial charge in [-0.05, 0) is 36.2 Å². The molecule has 3 rings (SSSR count). The van der Waals surface area contributed by atoms with Gasteiger partial charge < -0.3 is 9.30 Å². The second kappa shape index (κ2) is 9.92. The van der Waals surface area contributed by atoms with Crippen LogP contribution in [-0.4, -0.2) is 39.8 Å². The number of nitrogens with zero attached hydrogens (tertiary/aromatic N) is 3. The van der Waals surface area contributed by atoms with Crippen LogP contribution in [0.25, 0.3) is 16.9 Å². The first-order valence-corrected chi connectivity index (χ1v) is 10.4. The lowest BCUT2D eigenvalue weighted by Crippen LogP contribution is -2.51. The molecular weight excluding hydrogens is 507 g/mol. The van der Waals surface area contributed by atoms with Crippen molar-refractivity contribution >= 4 is 17.6 Å². The van der Waals surface area contributed by atoms with Crippen molar-refractivity contribution in [1.82, 2.24) is 14.3 Å². The van der Waals surface area contributed by atoms with E-state index >= 15 is 0 Å². The van der Waals surface area contributed by atoms with Gasteiger partial charge in [0, 0.05) is 18.8 Å². The third-order valence-electron chi connectivity index (χ3n) is 5.02.